The molecule has 44 heavy (non-hydrogen) atoms. The number of hydrogen-bond acceptors (Lipinski definition) is 8. The van der Waals surface area contributed by atoms with Crippen LogP contribution in [0.3, 0.4) is 0 Å². The van der Waals surface area contributed by atoms with E-state index in [0.717, 1.165) is 0 Å². The molecule has 0 aliphatic carbocycles. The summed E-state index contributed by atoms with van der Waals surface area (Å²) in [5.74, 6) is -0.00596. The maximum Gasteiger partial charge on any atom is 0.284 e. The van der Waals surface area contributed by atoms with Gasteiger partial charge in [-0.05, 0) is 63.9 Å². The van der Waals surface area contributed by atoms with E-state index in [2.05, 4.69) is 15.3 Å². The molecule has 232 valence electrons. The number of hydrogen-bond donors (Lipinski definition) is 3. The molecule has 4 N–H and O–H groups in total. The number of nitrogens with one attached hydrogen (secondary N) is 1. The maximum absolute atomic E-state index is 14.4. The van der Waals surface area contributed by atoms with Crippen molar-refractivity contribution in [2.75, 3.05) is 30.3 Å². The molecule has 2 aromatic heterocycles. The van der Waals surface area contributed by atoms with E-state index < -0.39 is 22.9 Å². The number of aromatic nitrogens is 4. The third-order valence-electron chi connectivity index (χ3n) is 7.50. The lowest BCUT2D eigenvalue weighted by Crippen LogP contribution is -2.46. The molecule has 0 spiro atoms. The first-order chi connectivity index (χ1) is 20.8. The third-order valence-corrected chi connectivity index (χ3v) is 7.74. The van der Waals surface area contributed by atoms with Gasteiger partial charge >= 0.3 is 0 Å². The van der Waals surface area contributed by atoms with Gasteiger partial charge in [-0.1, -0.05) is 17.7 Å². The first-order valence-corrected chi connectivity index (χ1v) is 14.6. The molecular weight excluding hydrogens is 589 g/mol. The average molecular weight is 624 g/mol. The van der Waals surface area contributed by atoms with E-state index in [9.17, 15) is 19.1 Å². The van der Waals surface area contributed by atoms with E-state index in [4.69, 9.17) is 22.1 Å². The van der Waals surface area contributed by atoms with E-state index >= 15 is 0 Å². The van der Waals surface area contributed by atoms with Gasteiger partial charge in [-0.15, -0.1) is 0 Å². The molecule has 0 atom stereocenters. The summed E-state index contributed by atoms with van der Waals surface area (Å²) in [5.41, 5.74) is 6.74. The SMILES string of the molecule is Cc1c(C(=O)NC2CCN(c3nc(-c4cc(F)cc(OCC(C)(C)O)c4)cnc3N)CC2)c(=O)n(-c2cccc(Cl)c2)n1C. The second-order valence-corrected chi connectivity index (χ2v) is 12.0. The molecule has 4 aromatic rings. The molecule has 13 heteroatoms. The normalized spacial score (nSPS) is 14.1. The highest BCUT2D eigenvalue weighted by molar-refractivity contribution is 6.30. The number of rotatable bonds is 8. The van der Waals surface area contributed by atoms with Gasteiger partial charge in [0.2, 0.25) is 0 Å². The van der Waals surface area contributed by atoms with Crippen molar-refractivity contribution >= 4 is 29.1 Å². The van der Waals surface area contributed by atoms with Crippen molar-refractivity contribution in [2.24, 2.45) is 7.05 Å². The van der Waals surface area contributed by atoms with Crippen LogP contribution in [0.1, 0.15) is 42.7 Å². The number of ether oxygens (including phenoxy) is 1. The van der Waals surface area contributed by atoms with E-state index in [1.807, 2.05) is 4.90 Å². The number of anilines is 2. The van der Waals surface area contributed by atoms with Crippen molar-refractivity contribution in [2.45, 2.75) is 45.3 Å². The van der Waals surface area contributed by atoms with Gasteiger partial charge in [-0.25, -0.2) is 19.0 Å². The van der Waals surface area contributed by atoms with Crippen molar-refractivity contribution in [3.63, 3.8) is 0 Å². The number of amides is 1. The third kappa shape index (κ3) is 6.71. The van der Waals surface area contributed by atoms with E-state index in [1.165, 1.54) is 23.0 Å². The van der Waals surface area contributed by atoms with Gasteiger partial charge in [0.25, 0.3) is 11.5 Å². The van der Waals surface area contributed by atoms with Crippen LogP contribution in [0.15, 0.2) is 53.5 Å². The second-order valence-electron chi connectivity index (χ2n) is 11.6. The van der Waals surface area contributed by atoms with Gasteiger partial charge in [0, 0.05) is 42.8 Å². The van der Waals surface area contributed by atoms with Crippen LogP contribution in [0.5, 0.6) is 5.75 Å². The minimum Gasteiger partial charge on any atom is -0.490 e. The largest absolute Gasteiger partial charge is 0.490 e. The number of nitrogens with zero attached hydrogens (tertiary/aromatic N) is 5. The Morgan fingerprint density at radius 2 is 1.95 bits per heavy atom. The Bertz CT molecular complexity index is 1760. The van der Waals surface area contributed by atoms with Crippen molar-refractivity contribution < 1.29 is 19.0 Å². The molecule has 5 rings (SSSR count). The summed E-state index contributed by atoms with van der Waals surface area (Å²) in [5, 5.41) is 13.5. The van der Waals surface area contributed by atoms with Gasteiger partial charge in [0.05, 0.1) is 28.9 Å². The van der Waals surface area contributed by atoms with Gasteiger partial charge < -0.3 is 25.8 Å². The Balaban J connectivity index is 1.28. The van der Waals surface area contributed by atoms with E-state index in [1.54, 1.807) is 62.8 Å². The highest BCUT2D eigenvalue weighted by Gasteiger charge is 2.28. The van der Waals surface area contributed by atoms with Crippen LogP contribution in [0.25, 0.3) is 16.9 Å². The zero-order valence-electron chi connectivity index (χ0n) is 25.0. The minimum absolute atomic E-state index is 0.0120. The Labute approximate surface area is 259 Å². The molecule has 0 saturated carbocycles. The summed E-state index contributed by atoms with van der Waals surface area (Å²) < 4.78 is 23.1. The molecule has 3 heterocycles. The van der Waals surface area contributed by atoms with Crippen molar-refractivity contribution in [1.82, 2.24) is 24.6 Å². The molecule has 0 radical (unpaired) electrons. The lowest BCUT2D eigenvalue weighted by Gasteiger charge is -2.33. The van der Waals surface area contributed by atoms with E-state index in [-0.39, 0.29) is 29.8 Å². The molecule has 1 aliphatic rings. The number of carbonyl (C=O) groups excluding carboxylic acids is 1. The Morgan fingerprint density at radius 1 is 1.23 bits per heavy atom. The Kier molecular flexibility index (Phi) is 8.66. The van der Waals surface area contributed by atoms with E-state index in [0.29, 0.717) is 59.4 Å². The van der Waals surface area contributed by atoms with Crippen LogP contribution in [0, 0.1) is 12.7 Å². The monoisotopic (exact) mass is 623 g/mol. The molecular formula is C31H35ClFN7O4. The molecule has 1 aliphatic heterocycles. The zero-order chi connectivity index (χ0) is 31.8. The van der Waals surface area contributed by atoms with Gasteiger partial charge in [0.1, 0.15) is 23.7 Å². The molecule has 0 bridgehead atoms. The smallest absolute Gasteiger partial charge is 0.284 e. The lowest BCUT2D eigenvalue weighted by atomic mass is 10.0. The average Bonchev–Trinajstić information content (AvgIpc) is 3.19. The highest BCUT2D eigenvalue weighted by atomic mass is 35.5. The fraction of sp³-hybridized carbons (Fsp3) is 0.355. The van der Waals surface area contributed by atoms with Crippen LogP contribution in [0.4, 0.5) is 16.0 Å². The van der Waals surface area contributed by atoms with Crippen LogP contribution < -0.4 is 26.2 Å². The standard InChI is InChI=1S/C31H35ClFN7O4/c1-18-26(30(42)40(38(18)4)23-7-5-6-20(32)14-23)29(41)36-22-8-10-39(11-9-22)28-27(34)35-16-25(37-28)19-12-21(33)15-24(13-19)44-17-31(2,3)43/h5-7,12-16,22,43H,8-11,17H2,1-4H3,(H2,34,35)(H,36,41). The van der Waals surface area contributed by atoms with Crippen molar-refractivity contribution in [1.29, 1.82) is 0 Å². The minimum atomic E-state index is -1.08. The van der Waals surface area contributed by atoms with Crippen LogP contribution in [0.2, 0.25) is 5.02 Å². The zero-order valence-corrected chi connectivity index (χ0v) is 25.7. The summed E-state index contributed by atoms with van der Waals surface area (Å²) in [6, 6.07) is 10.9. The summed E-state index contributed by atoms with van der Waals surface area (Å²) in [6.45, 7) is 5.97. The number of benzene rings is 2. The fourth-order valence-electron chi connectivity index (χ4n) is 5.18. The molecule has 1 fully saturated rings. The predicted octanol–water partition coefficient (Wildman–Crippen LogP) is 3.86. The lowest BCUT2D eigenvalue weighted by molar-refractivity contribution is 0.0284. The number of nitrogens with two attached hydrogens (primary N) is 1. The molecule has 0 unspecified atom stereocenters. The number of aliphatic hydroxyl groups is 1. The van der Waals surface area contributed by atoms with Gasteiger partial charge in [-0.3, -0.25) is 14.3 Å². The first-order valence-electron chi connectivity index (χ1n) is 14.2. The summed E-state index contributed by atoms with van der Waals surface area (Å²) in [6.07, 6.45) is 2.64. The summed E-state index contributed by atoms with van der Waals surface area (Å²) >= 11 is 6.13. The highest BCUT2D eigenvalue weighted by Crippen LogP contribution is 2.29. The van der Waals surface area contributed by atoms with Crippen LogP contribution >= 0.6 is 11.6 Å². The predicted molar refractivity (Wildman–Crippen MR) is 167 cm³/mol. The fourth-order valence-corrected chi connectivity index (χ4v) is 5.36. The van der Waals surface area contributed by atoms with Crippen molar-refractivity contribution in [3.05, 3.63) is 81.1 Å². The quantitative estimate of drug-likeness (QED) is 0.269. The Hall–Kier alpha value is -4.42. The van der Waals surface area contributed by atoms with Gasteiger partial charge in [0.15, 0.2) is 11.6 Å². The topological polar surface area (TPSA) is 141 Å². The van der Waals surface area contributed by atoms with Gasteiger partial charge in [-0.2, -0.15) is 0 Å². The molecule has 2 aromatic carbocycles. The van der Waals surface area contributed by atoms with Crippen LogP contribution in [-0.2, 0) is 7.05 Å². The van der Waals surface area contributed by atoms with Crippen LogP contribution in [-0.4, -0.2) is 61.7 Å². The number of piperidine rings is 1. The first kappa shape index (κ1) is 31.0. The maximum atomic E-state index is 14.4. The van der Waals surface area contributed by atoms with Crippen molar-refractivity contribution in [3.8, 4) is 22.7 Å². The summed E-state index contributed by atoms with van der Waals surface area (Å²) in [4.78, 5) is 37.6. The molecule has 1 saturated heterocycles. The second kappa shape index (κ2) is 12.3. The number of halogens is 2. The molecule has 11 nitrogen and oxygen atoms in total. The number of carbonyl (C=O) groups is 1. The number of nitrogen functional groups attached to an aromatic ring is 1. The summed E-state index contributed by atoms with van der Waals surface area (Å²) in [7, 11) is 1.72. The Morgan fingerprint density at radius 3 is 2.64 bits per heavy atom. The molecule has 1 amide bonds.